The second-order valence-electron chi connectivity index (χ2n) is 7.60. The standard InChI is InChI=1S/C20H27N3O5S/c1-27-8-9-28-20(24)23-14-17-12-22(13-18(17)15-23)7-2-10-29(25,26)19-5-3-16(11-21)4-6-19/h3-6,17-18H,2,7-10,12-15H2,1H3. The predicted molar refractivity (Wildman–Crippen MR) is 106 cm³/mol. The second kappa shape index (κ2) is 9.57. The summed E-state index contributed by atoms with van der Waals surface area (Å²) < 4.78 is 35.0. The highest BCUT2D eigenvalue weighted by molar-refractivity contribution is 7.91. The molecule has 2 atom stereocenters. The summed E-state index contributed by atoms with van der Waals surface area (Å²) >= 11 is 0. The Morgan fingerprint density at radius 1 is 1.14 bits per heavy atom. The van der Waals surface area contributed by atoms with Crippen LogP contribution < -0.4 is 0 Å². The number of sulfone groups is 1. The van der Waals surface area contributed by atoms with Gasteiger partial charge in [-0.3, -0.25) is 0 Å². The zero-order valence-corrected chi connectivity index (χ0v) is 17.4. The zero-order chi connectivity index (χ0) is 20.9. The monoisotopic (exact) mass is 421 g/mol. The van der Waals surface area contributed by atoms with E-state index in [1.807, 2.05) is 6.07 Å². The molecule has 1 aromatic rings. The van der Waals surface area contributed by atoms with E-state index >= 15 is 0 Å². The Hall–Kier alpha value is -2.15. The molecule has 9 heteroatoms. The van der Waals surface area contributed by atoms with Crippen LogP contribution in [0.25, 0.3) is 0 Å². The second-order valence-corrected chi connectivity index (χ2v) is 9.71. The highest BCUT2D eigenvalue weighted by atomic mass is 32.2. The number of rotatable bonds is 8. The van der Waals surface area contributed by atoms with E-state index < -0.39 is 9.84 Å². The molecule has 3 rings (SSSR count). The summed E-state index contributed by atoms with van der Waals surface area (Å²) in [4.78, 5) is 16.4. The number of hydrogen-bond donors (Lipinski definition) is 0. The molecule has 0 aromatic heterocycles. The molecular formula is C20H27N3O5S. The molecule has 158 valence electrons. The van der Waals surface area contributed by atoms with E-state index in [0.29, 0.717) is 43.5 Å². The van der Waals surface area contributed by atoms with Crippen molar-refractivity contribution in [3.63, 3.8) is 0 Å². The minimum atomic E-state index is -3.34. The summed E-state index contributed by atoms with van der Waals surface area (Å²) in [6.45, 7) is 4.52. The summed E-state index contributed by atoms with van der Waals surface area (Å²) in [7, 11) is -1.77. The molecule has 0 N–H and O–H groups in total. The number of benzene rings is 1. The minimum absolute atomic E-state index is 0.0860. The normalized spacial score (nSPS) is 21.7. The van der Waals surface area contributed by atoms with Crippen LogP contribution in [0.5, 0.6) is 0 Å². The van der Waals surface area contributed by atoms with Crippen molar-refractivity contribution in [2.45, 2.75) is 11.3 Å². The predicted octanol–water partition coefficient (Wildman–Crippen LogP) is 1.37. The first-order chi connectivity index (χ1) is 13.9. The summed E-state index contributed by atoms with van der Waals surface area (Å²) in [5.74, 6) is 0.920. The van der Waals surface area contributed by atoms with Crippen molar-refractivity contribution >= 4 is 15.9 Å². The Labute approximate surface area is 171 Å². The molecule has 29 heavy (non-hydrogen) atoms. The first kappa shape index (κ1) is 21.6. The summed E-state index contributed by atoms with van der Waals surface area (Å²) in [6, 6.07) is 8.03. The molecule has 8 nitrogen and oxygen atoms in total. The highest BCUT2D eigenvalue weighted by Crippen LogP contribution is 2.31. The first-order valence-corrected chi connectivity index (χ1v) is 11.4. The van der Waals surface area contributed by atoms with Gasteiger partial charge in [0, 0.05) is 33.3 Å². The molecule has 2 aliphatic rings. The smallest absolute Gasteiger partial charge is 0.409 e. The average molecular weight is 422 g/mol. The number of carbonyl (C=O) groups is 1. The molecule has 2 fully saturated rings. The fourth-order valence-electron chi connectivity index (χ4n) is 4.06. The lowest BCUT2D eigenvalue weighted by Crippen LogP contribution is -2.34. The molecule has 1 amide bonds. The number of nitrogens with zero attached hydrogens (tertiary/aromatic N) is 3. The summed E-state index contributed by atoms with van der Waals surface area (Å²) in [5, 5.41) is 8.82. The molecule has 0 saturated carbocycles. The maximum atomic E-state index is 12.5. The number of nitriles is 1. The van der Waals surface area contributed by atoms with Crippen LogP contribution in [0.2, 0.25) is 0 Å². The fraction of sp³-hybridized carbons (Fsp3) is 0.600. The molecular weight excluding hydrogens is 394 g/mol. The SMILES string of the molecule is COCCOC(=O)N1CC2CN(CCCS(=O)(=O)c3ccc(C#N)cc3)CC2C1. The number of carbonyl (C=O) groups excluding carboxylic acids is 1. The molecule has 1 aromatic carbocycles. The van der Waals surface area contributed by atoms with Crippen molar-refractivity contribution in [1.82, 2.24) is 9.80 Å². The summed E-state index contributed by atoms with van der Waals surface area (Å²) in [5.41, 5.74) is 0.448. The van der Waals surface area contributed by atoms with Crippen LogP contribution in [0, 0.1) is 23.2 Å². The number of likely N-dealkylation sites (tertiary alicyclic amines) is 2. The molecule has 0 spiro atoms. The van der Waals surface area contributed by atoms with Gasteiger partial charge in [0.15, 0.2) is 9.84 Å². The molecule has 2 aliphatic heterocycles. The highest BCUT2D eigenvalue weighted by Gasteiger charge is 2.41. The van der Waals surface area contributed by atoms with Crippen LogP contribution in [0.3, 0.4) is 0 Å². The quantitative estimate of drug-likeness (QED) is 0.585. The van der Waals surface area contributed by atoms with E-state index in [2.05, 4.69) is 4.90 Å². The maximum Gasteiger partial charge on any atom is 0.409 e. The lowest BCUT2D eigenvalue weighted by molar-refractivity contribution is 0.0743. The third-order valence-electron chi connectivity index (χ3n) is 5.56. The van der Waals surface area contributed by atoms with Crippen molar-refractivity contribution in [3.8, 4) is 6.07 Å². The zero-order valence-electron chi connectivity index (χ0n) is 16.6. The molecule has 0 aliphatic carbocycles. The van der Waals surface area contributed by atoms with Gasteiger partial charge < -0.3 is 19.3 Å². The Morgan fingerprint density at radius 3 is 2.38 bits per heavy atom. The van der Waals surface area contributed by atoms with E-state index in [9.17, 15) is 13.2 Å². The van der Waals surface area contributed by atoms with Gasteiger partial charge in [0.25, 0.3) is 0 Å². The van der Waals surface area contributed by atoms with Crippen LogP contribution in [0.1, 0.15) is 12.0 Å². The molecule has 2 heterocycles. The van der Waals surface area contributed by atoms with Crippen LogP contribution in [0.4, 0.5) is 4.79 Å². The Kier molecular flexibility index (Phi) is 7.11. The largest absolute Gasteiger partial charge is 0.447 e. The van der Waals surface area contributed by atoms with Gasteiger partial charge in [0.05, 0.1) is 28.9 Å². The maximum absolute atomic E-state index is 12.5. The average Bonchev–Trinajstić information content (AvgIpc) is 3.27. The van der Waals surface area contributed by atoms with E-state index in [-0.39, 0.29) is 23.3 Å². The van der Waals surface area contributed by atoms with Gasteiger partial charge in [0.1, 0.15) is 6.61 Å². The van der Waals surface area contributed by atoms with Crippen LogP contribution in [-0.2, 0) is 19.3 Å². The molecule has 0 bridgehead atoms. The number of hydrogen-bond acceptors (Lipinski definition) is 7. The minimum Gasteiger partial charge on any atom is -0.447 e. The van der Waals surface area contributed by atoms with Crippen molar-refractivity contribution in [1.29, 1.82) is 5.26 Å². The lowest BCUT2D eigenvalue weighted by Gasteiger charge is -2.21. The molecule has 2 unspecified atom stereocenters. The van der Waals surface area contributed by atoms with Crippen molar-refractivity contribution in [2.24, 2.45) is 11.8 Å². The van der Waals surface area contributed by atoms with Crippen LogP contribution in [-0.4, -0.2) is 83.1 Å². The van der Waals surface area contributed by atoms with Gasteiger partial charge in [-0.25, -0.2) is 13.2 Å². The fourth-order valence-corrected chi connectivity index (χ4v) is 5.35. The van der Waals surface area contributed by atoms with Crippen LogP contribution in [0.15, 0.2) is 29.2 Å². The van der Waals surface area contributed by atoms with Gasteiger partial charge in [-0.15, -0.1) is 0 Å². The van der Waals surface area contributed by atoms with Crippen molar-refractivity contribution in [3.05, 3.63) is 29.8 Å². The number of ether oxygens (including phenoxy) is 2. The van der Waals surface area contributed by atoms with Gasteiger partial charge in [0.2, 0.25) is 0 Å². The van der Waals surface area contributed by atoms with Crippen LogP contribution >= 0.6 is 0 Å². The number of fused-ring (bicyclic) bond motifs is 1. The van der Waals surface area contributed by atoms with E-state index in [1.54, 1.807) is 12.0 Å². The van der Waals surface area contributed by atoms with Gasteiger partial charge in [-0.1, -0.05) is 0 Å². The van der Waals surface area contributed by atoms with Gasteiger partial charge in [-0.2, -0.15) is 5.26 Å². The van der Waals surface area contributed by atoms with Crippen molar-refractivity contribution < 1.29 is 22.7 Å². The third kappa shape index (κ3) is 5.47. The number of amides is 1. The van der Waals surface area contributed by atoms with Crippen molar-refractivity contribution in [2.75, 3.05) is 58.8 Å². The Morgan fingerprint density at radius 2 is 1.79 bits per heavy atom. The summed E-state index contributed by atoms with van der Waals surface area (Å²) in [6.07, 6.45) is 0.279. The third-order valence-corrected chi connectivity index (χ3v) is 7.38. The first-order valence-electron chi connectivity index (χ1n) is 9.79. The lowest BCUT2D eigenvalue weighted by atomic mass is 10.0. The van der Waals surface area contributed by atoms with E-state index in [1.165, 1.54) is 24.3 Å². The van der Waals surface area contributed by atoms with E-state index in [0.717, 1.165) is 19.6 Å². The van der Waals surface area contributed by atoms with Gasteiger partial charge >= 0.3 is 6.09 Å². The van der Waals surface area contributed by atoms with E-state index in [4.69, 9.17) is 14.7 Å². The topological polar surface area (TPSA) is 99.9 Å². The Bertz CT molecular complexity index is 836. The molecule has 2 saturated heterocycles. The van der Waals surface area contributed by atoms with Gasteiger partial charge in [-0.05, 0) is 49.1 Å². The Balaban J connectivity index is 1.40. The molecule has 0 radical (unpaired) electrons. The number of methoxy groups -OCH3 is 1.